The van der Waals surface area contributed by atoms with E-state index in [1.54, 1.807) is 18.2 Å². The second-order valence-electron chi connectivity index (χ2n) is 7.11. The van der Waals surface area contributed by atoms with Gasteiger partial charge in [-0.05, 0) is 50.2 Å². The first-order valence-electron chi connectivity index (χ1n) is 9.93. The molecule has 3 rings (SSSR count). The second-order valence-corrected chi connectivity index (χ2v) is 7.11. The normalized spacial score (nSPS) is 11.2. The molecular weight excluding hydrogens is 368 g/mol. The lowest BCUT2D eigenvalue weighted by molar-refractivity contribution is -0.117. The highest BCUT2D eigenvalue weighted by Gasteiger charge is 2.11. The van der Waals surface area contributed by atoms with Gasteiger partial charge in [0, 0.05) is 37.1 Å². The molecule has 1 heterocycles. The molecule has 2 aromatic carbocycles. The van der Waals surface area contributed by atoms with E-state index >= 15 is 0 Å². The van der Waals surface area contributed by atoms with Crippen molar-refractivity contribution in [3.05, 3.63) is 58.6 Å². The fourth-order valence-electron chi connectivity index (χ4n) is 3.25. The van der Waals surface area contributed by atoms with Gasteiger partial charge in [-0.3, -0.25) is 14.7 Å². The summed E-state index contributed by atoms with van der Waals surface area (Å²) in [6.45, 7) is 7.08. The van der Waals surface area contributed by atoms with Crippen LogP contribution >= 0.6 is 0 Å². The summed E-state index contributed by atoms with van der Waals surface area (Å²) in [5, 5.41) is 2.85. The average Bonchev–Trinajstić information content (AvgIpc) is 3.08. The molecule has 0 aliphatic rings. The Labute approximate surface area is 170 Å². The third-order valence-corrected chi connectivity index (χ3v) is 4.96. The third kappa shape index (κ3) is 5.48. The lowest BCUT2D eigenvalue weighted by Gasteiger charge is -2.26. The van der Waals surface area contributed by atoms with E-state index in [2.05, 4.69) is 53.3 Å². The molecule has 0 unspecified atom stereocenters. The fourth-order valence-corrected chi connectivity index (χ4v) is 3.25. The van der Waals surface area contributed by atoms with Crippen molar-refractivity contribution in [3.63, 3.8) is 0 Å². The predicted molar refractivity (Wildman–Crippen MR) is 117 cm³/mol. The number of aromatic amines is 1. The quantitative estimate of drug-likeness (QED) is 0.581. The van der Waals surface area contributed by atoms with E-state index in [1.807, 2.05) is 11.9 Å². The van der Waals surface area contributed by atoms with Crippen LogP contribution < -0.4 is 16.0 Å². The second kappa shape index (κ2) is 9.43. The summed E-state index contributed by atoms with van der Waals surface area (Å²) in [6, 6.07) is 13.7. The number of aromatic nitrogens is 1. The SMILES string of the molecule is CCc1ccc(N(CC)CCN(C)CC(=O)Nc2ccc3[nH]c(=O)oc3c2)cc1. The first kappa shape index (κ1) is 20.7. The van der Waals surface area contributed by atoms with Crippen molar-refractivity contribution in [1.29, 1.82) is 0 Å². The van der Waals surface area contributed by atoms with E-state index < -0.39 is 5.76 Å². The molecule has 3 aromatic rings. The number of amides is 1. The molecule has 0 bridgehead atoms. The van der Waals surface area contributed by atoms with E-state index in [-0.39, 0.29) is 12.5 Å². The molecule has 29 heavy (non-hydrogen) atoms. The molecule has 1 aromatic heterocycles. The van der Waals surface area contributed by atoms with Gasteiger partial charge in [-0.2, -0.15) is 0 Å². The molecule has 0 fully saturated rings. The first-order valence-corrected chi connectivity index (χ1v) is 9.93. The maximum Gasteiger partial charge on any atom is 0.417 e. The number of benzene rings is 2. The lowest BCUT2D eigenvalue weighted by atomic mass is 10.1. The molecular formula is C22H28N4O3. The van der Waals surface area contributed by atoms with E-state index in [1.165, 1.54) is 11.3 Å². The Hall–Kier alpha value is -3.06. The molecule has 7 heteroatoms. The van der Waals surface area contributed by atoms with E-state index in [4.69, 9.17) is 4.42 Å². The minimum absolute atomic E-state index is 0.111. The summed E-state index contributed by atoms with van der Waals surface area (Å²) in [7, 11) is 1.93. The summed E-state index contributed by atoms with van der Waals surface area (Å²) in [6.07, 6.45) is 1.04. The van der Waals surface area contributed by atoms with E-state index in [0.717, 1.165) is 26.1 Å². The number of rotatable bonds is 9. The van der Waals surface area contributed by atoms with Crippen molar-refractivity contribution in [3.8, 4) is 0 Å². The number of oxazole rings is 1. The smallest absolute Gasteiger partial charge is 0.408 e. The van der Waals surface area contributed by atoms with Gasteiger partial charge in [0.2, 0.25) is 5.91 Å². The highest BCUT2D eigenvalue weighted by molar-refractivity contribution is 5.93. The van der Waals surface area contributed by atoms with Crippen LogP contribution in [0.3, 0.4) is 0 Å². The molecule has 0 spiro atoms. The van der Waals surface area contributed by atoms with Gasteiger partial charge in [0.1, 0.15) is 0 Å². The molecule has 0 saturated heterocycles. The van der Waals surface area contributed by atoms with Crippen molar-refractivity contribution < 1.29 is 9.21 Å². The third-order valence-electron chi connectivity index (χ3n) is 4.96. The van der Waals surface area contributed by atoms with Crippen LogP contribution in [0.4, 0.5) is 11.4 Å². The topological polar surface area (TPSA) is 81.6 Å². The van der Waals surface area contributed by atoms with Crippen LogP contribution in [0.5, 0.6) is 0 Å². The zero-order chi connectivity index (χ0) is 20.8. The minimum Gasteiger partial charge on any atom is -0.408 e. The molecule has 0 atom stereocenters. The predicted octanol–water partition coefficient (Wildman–Crippen LogP) is 3.08. The minimum atomic E-state index is -0.506. The number of aryl methyl sites for hydroxylation is 1. The van der Waals surface area contributed by atoms with Gasteiger partial charge in [-0.25, -0.2) is 4.79 Å². The summed E-state index contributed by atoms with van der Waals surface area (Å²) >= 11 is 0. The average molecular weight is 396 g/mol. The number of hydrogen-bond donors (Lipinski definition) is 2. The molecule has 7 nitrogen and oxygen atoms in total. The Morgan fingerprint density at radius 2 is 1.86 bits per heavy atom. The molecule has 0 aliphatic carbocycles. The Balaban J connectivity index is 1.51. The Bertz CT molecular complexity index is 1010. The fraction of sp³-hybridized carbons (Fsp3) is 0.364. The van der Waals surface area contributed by atoms with Crippen molar-refractivity contribution in [2.45, 2.75) is 20.3 Å². The monoisotopic (exact) mass is 396 g/mol. The lowest BCUT2D eigenvalue weighted by Crippen LogP contribution is -2.37. The van der Waals surface area contributed by atoms with Gasteiger partial charge in [0.15, 0.2) is 5.58 Å². The number of likely N-dealkylation sites (N-methyl/N-ethyl adjacent to an activating group) is 2. The van der Waals surface area contributed by atoms with Crippen LogP contribution in [0.25, 0.3) is 11.1 Å². The number of H-pyrrole nitrogens is 1. The highest BCUT2D eigenvalue weighted by atomic mass is 16.4. The Morgan fingerprint density at radius 3 is 2.55 bits per heavy atom. The highest BCUT2D eigenvalue weighted by Crippen LogP contribution is 2.17. The zero-order valence-electron chi connectivity index (χ0n) is 17.2. The van der Waals surface area contributed by atoms with Crippen molar-refractivity contribution >= 4 is 28.4 Å². The number of carbonyl (C=O) groups is 1. The number of nitrogens with zero attached hydrogens (tertiary/aromatic N) is 2. The van der Waals surface area contributed by atoms with E-state index in [0.29, 0.717) is 16.8 Å². The Kier molecular flexibility index (Phi) is 6.72. The van der Waals surface area contributed by atoms with Crippen molar-refractivity contribution in [1.82, 2.24) is 9.88 Å². The van der Waals surface area contributed by atoms with Crippen LogP contribution in [0.1, 0.15) is 19.4 Å². The van der Waals surface area contributed by atoms with Crippen LogP contribution in [0, 0.1) is 0 Å². The first-order chi connectivity index (χ1) is 14.0. The Morgan fingerprint density at radius 1 is 1.10 bits per heavy atom. The van der Waals surface area contributed by atoms with Crippen molar-refractivity contribution in [2.24, 2.45) is 0 Å². The summed E-state index contributed by atoms with van der Waals surface area (Å²) in [4.78, 5) is 30.5. The largest absolute Gasteiger partial charge is 0.417 e. The number of fused-ring (bicyclic) bond motifs is 1. The van der Waals surface area contributed by atoms with Crippen LogP contribution in [0.2, 0.25) is 0 Å². The van der Waals surface area contributed by atoms with E-state index in [9.17, 15) is 9.59 Å². The zero-order valence-corrected chi connectivity index (χ0v) is 17.2. The summed E-state index contributed by atoms with van der Waals surface area (Å²) in [5.41, 5.74) is 4.16. The molecule has 154 valence electrons. The molecule has 2 N–H and O–H groups in total. The summed E-state index contributed by atoms with van der Waals surface area (Å²) < 4.78 is 5.03. The van der Waals surface area contributed by atoms with Crippen LogP contribution in [-0.2, 0) is 11.2 Å². The maximum absolute atomic E-state index is 12.4. The van der Waals surface area contributed by atoms with Gasteiger partial charge in [0.05, 0.1) is 12.1 Å². The standard InChI is InChI=1S/C22H28N4O3/c1-4-16-6-9-18(10-7-16)26(5-2)13-12-25(3)15-21(27)23-17-8-11-19-20(14-17)29-22(28)24-19/h6-11,14H,4-5,12-13,15H2,1-3H3,(H,23,27)(H,24,28). The van der Waals surface area contributed by atoms with Gasteiger partial charge in [-0.15, -0.1) is 0 Å². The molecule has 0 radical (unpaired) electrons. The molecule has 0 aliphatic heterocycles. The maximum atomic E-state index is 12.4. The van der Waals surface area contributed by atoms with Gasteiger partial charge >= 0.3 is 5.76 Å². The van der Waals surface area contributed by atoms with Crippen molar-refractivity contribution in [2.75, 3.05) is 43.4 Å². The van der Waals surface area contributed by atoms with Crippen LogP contribution in [-0.4, -0.2) is 49.0 Å². The molecule has 1 amide bonds. The molecule has 0 saturated carbocycles. The summed E-state index contributed by atoms with van der Waals surface area (Å²) in [5.74, 6) is -0.617. The number of nitrogens with one attached hydrogen (secondary N) is 2. The number of hydrogen-bond acceptors (Lipinski definition) is 5. The van der Waals surface area contributed by atoms with Crippen LogP contribution in [0.15, 0.2) is 51.7 Å². The van der Waals surface area contributed by atoms with Gasteiger partial charge < -0.3 is 14.6 Å². The van der Waals surface area contributed by atoms with Gasteiger partial charge in [0.25, 0.3) is 0 Å². The number of carbonyl (C=O) groups excluding carboxylic acids is 1. The number of anilines is 2. The van der Waals surface area contributed by atoms with Gasteiger partial charge in [-0.1, -0.05) is 19.1 Å².